The average Bonchev–Trinajstić information content (AvgIpc) is 2.55. The van der Waals surface area contributed by atoms with Crippen molar-refractivity contribution in [2.75, 3.05) is 10.6 Å². The van der Waals surface area contributed by atoms with Crippen LogP contribution in [0.3, 0.4) is 0 Å². The Hall–Kier alpha value is -2.00. The van der Waals surface area contributed by atoms with Crippen LogP contribution < -0.4 is 10.6 Å². The highest BCUT2D eigenvalue weighted by atomic mass is 79.9. The molecule has 3 nitrogen and oxygen atoms in total. The van der Waals surface area contributed by atoms with Crippen LogP contribution in [0.4, 0.5) is 28.9 Å². The standard InChI is InChI=1S/C15H9BrF4N2OS/c1-6(23)7-3-2-4-8(5-7)21-15(24)22-14-12(19)10(17)9(16)11(18)13(14)20/h2-5H,1H3,(H2,21,22,24). The molecule has 0 aliphatic heterocycles. The summed E-state index contributed by atoms with van der Waals surface area (Å²) in [5.74, 6) is -6.60. The maximum atomic E-state index is 13.8. The summed E-state index contributed by atoms with van der Waals surface area (Å²) in [6, 6.07) is 6.16. The minimum absolute atomic E-state index is 0.188. The first-order valence-electron chi connectivity index (χ1n) is 6.42. The van der Waals surface area contributed by atoms with E-state index in [2.05, 4.69) is 26.6 Å². The van der Waals surface area contributed by atoms with Gasteiger partial charge in [0.2, 0.25) is 0 Å². The monoisotopic (exact) mass is 420 g/mol. The molecule has 2 N–H and O–H groups in total. The van der Waals surface area contributed by atoms with E-state index >= 15 is 0 Å². The van der Waals surface area contributed by atoms with Gasteiger partial charge in [-0.25, -0.2) is 17.6 Å². The highest BCUT2D eigenvalue weighted by Crippen LogP contribution is 2.31. The molecule has 2 aromatic rings. The zero-order chi connectivity index (χ0) is 18.0. The molecule has 24 heavy (non-hydrogen) atoms. The zero-order valence-electron chi connectivity index (χ0n) is 12.0. The van der Waals surface area contributed by atoms with Gasteiger partial charge in [-0.1, -0.05) is 12.1 Å². The van der Waals surface area contributed by atoms with Crippen molar-refractivity contribution >= 4 is 50.4 Å². The number of anilines is 2. The summed E-state index contributed by atoms with van der Waals surface area (Å²) in [6.07, 6.45) is 0. The number of carbonyl (C=O) groups is 1. The lowest BCUT2D eigenvalue weighted by Gasteiger charge is -2.14. The van der Waals surface area contributed by atoms with E-state index in [-0.39, 0.29) is 10.9 Å². The summed E-state index contributed by atoms with van der Waals surface area (Å²) in [6.45, 7) is 1.37. The molecule has 0 unspecified atom stereocenters. The maximum Gasteiger partial charge on any atom is 0.186 e. The molecule has 0 aliphatic carbocycles. The van der Waals surface area contributed by atoms with Gasteiger partial charge in [0, 0.05) is 11.3 Å². The minimum atomic E-state index is -1.62. The Bertz CT molecular complexity index is 815. The van der Waals surface area contributed by atoms with Crippen molar-refractivity contribution in [3.63, 3.8) is 0 Å². The minimum Gasteiger partial charge on any atom is -0.332 e. The van der Waals surface area contributed by atoms with Crippen LogP contribution >= 0.6 is 28.1 Å². The lowest BCUT2D eigenvalue weighted by Crippen LogP contribution is -2.21. The molecule has 0 bridgehead atoms. The van der Waals surface area contributed by atoms with Crippen LogP contribution in [0.15, 0.2) is 28.7 Å². The lowest BCUT2D eigenvalue weighted by molar-refractivity contribution is 0.101. The first kappa shape index (κ1) is 18.3. The fraction of sp³-hybridized carbons (Fsp3) is 0.0667. The Morgan fingerprint density at radius 2 is 1.62 bits per heavy atom. The summed E-state index contributed by atoms with van der Waals surface area (Å²) in [7, 11) is 0. The van der Waals surface area contributed by atoms with Gasteiger partial charge < -0.3 is 10.6 Å². The van der Waals surface area contributed by atoms with E-state index in [4.69, 9.17) is 12.2 Å². The molecule has 0 spiro atoms. The molecule has 0 radical (unpaired) electrons. The number of Topliss-reactive ketones (excluding diaryl/α,β-unsaturated/α-hetero) is 1. The van der Waals surface area contributed by atoms with E-state index < -0.39 is 33.4 Å². The number of nitrogens with one attached hydrogen (secondary N) is 2. The highest BCUT2D eigenvalue weighted by Gasteiger charge is 2.24. The van der Waals surface area contributed by atoms with Crippen LogP contribution in [0, 0.1) is 23.3 Å². The molecule has 0 saturated heterocycles. The normalized spacial score (nSPS) is 10.4. The summed E-state index contributed by atoms with van der Waals surface area (Å²) in [5, 5.41) is 4.33. The van der Waals surface area contributed by atoms with Gasteiger partial charge >= 0.3 is 0 Å². The number of thiocarbonyl (C=S) groups is 1. The van der Waals surface area contributed by atoms with E-state index in [1.807, 2.05) is 0 Å². The molecule has 2 aromatic carbocycles. The molecule has 0 saturated carbocycles. The van der Waals surface area contributed by atoms with Gasteiger partial charge in [0.15, 0.2) is 34.2 Å². The molecule has 2 rings (SSSR count). The predicted octanol–water partition coefficient (Wildman–Crippen LogP) is 5.02. The van der Waals surface area contributed by atoms with Crippen molar-refractivity contribution in [1.82, 2.24) is 0 Å². The van der Waals surface area contributed by atoms with Crippen LogP contribution in [-0.4, -0.2) is 10.9 Å². The number of hydrogen-bond donors (Lipinski definition) is 2. The third kappa shape index (κ3) is 3.73. The fourth-order valence-electron chi connectivity index (χ4n) is 1.81. The van der Waals surface area contributed by atoms with Crippen LogP contribution in [-0.2, 0) is 0 Å². The van der Waals surface area contributed by atoms with E-state index in [1.54, 1.807) is 18.2 Å². The smallest absolute Gasteiger partial charge is 0.186 e. The van der Waals surface area contributed by atoms with Gasteiger partial charge in [-0.3, -0.25) is 4.79 Å². The van der Waals surface area contributed by atoms with Crippen LogP contribution in [0.5, 0.6) is 0 Å². The third-order valence-electron chi connectivity index (χ3n) is 2.98. The van der Waals surface area contributed by atoms with E-state index in [1.165, 1.54) is 13.0 Å². The van der Waals surface area contributed by atoms with Crippen molar-refractivity contribution in [2.45, 2.75) is 6.92 Å². The van der Waals surface area contributed by atoms with Crippen molar-refractivity contribution in [1.29, 1.82) is 0 Å². The van der Waals surface area contributed by atoms with Crippen molar-refractivity contribution in [2.24, 2.45) is 0 Å². The topological polar surface area (TPSA) is 41.1 Å². The number of ketones is 1. The Balaban J connectivity index is 2.25. The van der Waals surface area contributed by atoms with Crippen LogP contribution in [0.25, 0.3) is 0 Å². The molecular formula is C15H9BrF4N2OS. The first-order valence-corrected chi connectivity index (χ1v) is 7.63. The second kappa shape index (κ2) is 7.27. The fourth-order valence-corrected chi connectivity index (χ4v) is 2.37. The molecule has 0 aliphatic rings. The average molecular weight is 421 g/mol. The number of carbonyl (C=O) groups excluding carboxylic acids is 1. The van der Waals surface area contributed by atoms with Gasteiger partial charge in [0.05, 0.1) is 4.47 Å². The van der Waals surface area contributed by atoms with Gasteiger partial charge in [-0.05, 0) is 47.2 Å². The quantitative estimate of drug-likeness (QED) is 0.240. The third-order valence-corrected chi connectivity index (χ3v) is 3.88. The predicted molar refractivity (Wildman–Crippen MR) is 90.3 cm³/mol. The summed E-state index contributed by atoms with van der Waals surface area (Å²) in [4.78, 5) is 11.3. The Kier molecular flexibility index (Phi) is 5.55. The Labute approximate surface area is 148 Å². The number of halogens is 5. The van der Waals surface area contributed by atoms with Crippen molar-refractivity contribution in [3.05, 3.63) is 57.6 Å². The molecule has 9 heteroatoms. The van der Waals surface area contributed by atoms with E-state index in [9.17, 15) is 22.4 Å². The number of benzene rings is 2. The lowest BCUT2D eigenvalue weighted by atomic mass is 10.1. The number of hydrogen-bond acceptors (Lipinski definition) is 2. The van der Waals surface area contributed by atoms with Gasteiger partial charge in [0.1, 0.15) is 5.69 Å². The molecule has 126 valence electrons. The molecular weight excluding hydrogens is 412 g/mol. The second-order valence-corrected chi connectivity index (χ2v) is 5.86. The van der Waals surface area contributed by atoms with Gasteiger partial charge in [0.25, 0.3) is 0 Å². The SMILES string of the molecule is CC(=O)c1cccc(NC(=S)Nc2c(F)c(F)c(Br)c(F)c2F)c1. The van der Waals surface area contributed by atoms with Gasteiger partial charge in [-0.2, -0.15) is 0 Å². The van der Waals surface area contributed by atoms with Crippen molar-refractivity contribution in [3.8, 4) is 0 Å². The summed E-state index contributed by atoms with van der Waals surface area (Å²) < 4.78 is 53.5. The number of rotatable bonds is 3. The molecule has 0 amide bonds. The zero-order valence-corrected chi connectivity index (χ0v) is 14.4. The van der Waals surface area contributed by atoms with Crippen LogP contribution in [0.2, 0.25) is 0 Å². The molecule has 0 fully saturated rings. The van der Waals surface area contributed by atoms with Gasteiger partial charge in [-0.15, -0.1) is 0 Å². The van der Waals surface area contributed by atoms with Crippen LogP contribution in [0.1, 0.15) is 17.3 Å². The first-order chi connectivity index (χ1) is 11.2. The Morgan fingerprint density at radius 3 is 2.17 bits per heavy atom. The highest BCUT2D eigenvalue weighted by molar-refractivity contribution is 9.10. The maximum absolute atomic E-state index is 13.8. The molecule has 0 atom stereocenters. The Morgan fingerprint density at radius 1 is 1.04 bits per heavy atom. The summed E-state index contributed by atoms with van der Waals surface area (Å²) in [5.41, 5.74) is -0.312. The van der Waals surface area contributed by atoms with E-state index in [0.29, 0.717) is 11.3 Å². The van der Waals surface area contributed by atoms with Crippen molar-refractivity contribution < 1.29 is 22.4 Å². The molecule has 0 heterocycles. The second-order valence-electron chi connectivity index (χ2n) is 4.66. The largest absolute Gasteiger partial charge is 0.332 e. The summed E-state index contributed by atoms with van der Waals surface area (Å²) >= 11 is 7.29. The molecule has 0 aromatic heterocycles. The van der Waals surface area contributed by atoms with E-state index in [0.717, 1.165) is 0 Å².